The minimum absolute atomic E-state index is 0.0152. The number of nitrogens with zero attached hydrogens (tertiary/aromatic N) is 2. The fourth-order valence-corrected chi connectivity index (χ4v) is 7.19. The van der Waals surface area contributed by atoms with E-state index in [9.17, 15) is 18.0 Å². The summed E-state index contributed by atoms with van der Waals surface area (Å²) in [6.07, 6.45) is 0.157. The molecular formula is C35H35Cl4N3O4S. The largest absolute Gasteiger partial charge is 0.354 e. The van der Waals surface area contributed by atoms with E-state index in [4.69, 9.17) is 46.4 Å². The first-order valence-corrected chi connectivity index (χ1v) is 17.8. The first kappa shape index (κ1) is 36.6. The molecule has 0 spiro atoms. The molecule has 0 unspecified atom stereocenters. The van der Waals surface area contributed by atoms with E-state index in [-0.39, 0.29) is 39.5 Å². The SMILES string of the molecule is Cc1ccc(S(=O)(=O)N(CC(=O)N(Cc2ccc(Cl)cc2Cl)[C@H](Cc2ccccc2)C(=O)NCC(C)C)c2cccc(Cl)c2Cl)cc1. The Kier molecular flexibility index (Phi) is 12.6. The van der Waals surface area contributed by atoms with Gasteiger partial charge in [-0.05, 0) is 60.4 Å². The van der Waals surface area contributed by atoms with Crippen LogP contribution < -0.4 is 9.62 Å². The Morgan fingerprint density at radius 2 is 1.51 bits per heavy atom. The molecule has 0 radical (unpaired) electrons. The van der Waals surface area contributed by atoms with Crippen LogP contribution in [0.4, 0.5) is 5.69 Å². The van der Waals surface area contributed by atoms with Crippen LogP contribution in [0.2, 0.25) is 20.1 Å². The summed E-state index contributed by atoms with van der Waals surface area (Å²) in [5, 5.41) is 3.71. The van der Waals surface area contributed by atoms with Gasteiger partial charge >= 0.3 is 0 Å². The standard InChI is InChI=1S/C35H35Cl4N3O4S/c1-23(2)20-40-35(44)32(18-25-8-5-4-6-9-25)41(21-26-14-15-27(36)19-30(26)38)33(43)22-42(31-11-7-10-29(37)34(31)39)47(45,46)28-16-12-24(3)13-17-28/h4-17,19,23,32H,18,20-22H2,1-3H3,(H,40,44)/t32-/m1/s1. The first-order chi connectivity index (χ1) is 22.3. The van der Waals surface area contributed by atoms with Gasteiger partial charge in [0.05, 0.1) is 20.6 Å². The van der Waals surface area contributed by atoms with Gasteiger partial charge < -0.3 is 10.2 Å². The van der Waals surface area contributed by atoms with Crippen molar-refractivity contribution in [3.05, 3.63) is 128 Å². The molecular weight excluding hydrogens is 700 g/mol. The zero-order valence-corrected chi connectivity index (χ0v) is 29.9. The molecule has 0 aliphatic carbocycles. The number of hydrogen-bond acceptors (Lipinski definition) is 4. The van der Waals surface area contributed by atoms with Crippen LogP contribution in [0.15, 0.2) is 95.9 Å². The number of carbonyl (C=O) groups excluding carboxylic acids is 2. The van der Waals surface area contributed by atoms with Gasteiger partial charge in [-0.15, -0.1) is 0 Å². The highest BCUT2D eigenvalue weighted by molar-refractivity contribution is 7.92. The average Bonchev–Trinajstić information content (AvgIpc) is 3.03. The van der Waals surface area contributed by atoms with Gasteiger partial charge in [0.25, 0.3) is 10.0 Å². The number of halogens is 4. The number of hydrogen-bond donors (Lipinski definition) is 1. The van der Waals surface area contributed by atoms with E-state index in [1.165, 1.54) is 29.2 Å². The minimum Gasteiger partial charge on any atom is -0.354 e. The molecule has 0 aliphatic rings. The second-order valence-electron chi connectivity index (χ2n) is 11.5. The van der Waals surface area contributed by atoms with Crippen LogP contribution in [0.3, 0.4) is 0 Å². The quantitative estimate of drug-likeness (QED) is 0.150. The van der Waals surface area contributed by atoms with Crippen molar-refractivity contribution in [2.45, 2.75) is 44.7 Å². The van der Waals surface area contributed by atoms with Gasteiger partial charge in [-0.2, -0.15) is 0 Å². The lowest BCUT2D eigenvalue weighted by Crippen LogP contribution is -2.53. The summed E-state index contributed by atoms with van der Waals surface area (Å²) in [5.41, 5.74) is 2.20. The molecule has 248 valence electrons. The number of amides is 2. The maximum atomic E-state index is 14.6. The molecule has 2 amide bonds. The van der Waals surface area contributed by atoms with Crippen molar-refractivity contribution in [2.24, 2.45) is 5.92 Å². The summed E-state index contributed by atoms with van der Waals surface area (Å²) >= 11 is 25.6. The summed E-state index contributed by atoms with van der Waals surface area (Å²) in [4.78, 5) is 29.8. The maximum Gasteiger partial charge on any atom is 0.264 e. The Morgan fingerprint density at radius 1 is 0.830 bits per heavy atom. The van der Waals surface area contributed by atoms with Crippen molar-refractivity contribution in [3.8, 4) is 0 Å². The first-order valence-electron chi connectivity index (χ1n) is 14.9. The molecule has 0 saturated carbocycles. The van der Waals surface area contributed by atoms with Gasteiger partial charge in [0.2, 0.25) is 11.8 Å². The second-order valence-corrected chi connectivity index (χ2v) is 15.0. The summed E-state index contributed by atoms with van der Waals surface area (Å²) in [5.74, 6) is -0.913. The summed E-state index contributed by atoms with van der Waals surface area (Å²) in [6, 6.07) is 23.9. The Bertz CT molecular complexity index is 1820. The average molecular weight is 736 g/mol. The molecule has 7 nitrogen and oxygen atoms in total. The van der Waals surface area contributed by atoms with Crippen LogP contribution in [0, 0.1) is 12.8 Å². The number of benzene rings is 4. The molecule has 0 heterocycles. The Morgan fingerprint density at radius 3 is 2.15 bits per heavy atom. The van der Waals surface area contributed by atoms with Crippen LogP contribution >= 0.6 is 46.4 Å². The van der Waals surface area contributed by atoms with Crippen molar-refractivity contribution >= 4 is 73.9 Å². The molecule has 0 saturated heterocycles. The molecule has 4 rings (SSSR count). The van der Waals surface area contributed by atoms with E-state index in [2.05, 4.69) is 5.32 Å². The van der Waals surface area contributed by atoms with Crippen LogP contribution in [0.1, 0.15) is 30.5 Å². The van der Waals surface area contributed by atoms with Crippen LogP contribution in [0.5, 0.6) is 0 Å². The summed E-state index contributed by atoms with van der Waals surface area (Å²) in [7, 11) is -4.35. The zero-order chi connectivity index (χ0) is 34.3. The van der Waals surface area contributed by atoms with Crippen molar-refractivity contribution < 1.29 is 18.0 Å². The number of rotatable bonds is 13. The number of carbonyl (C=O) groups is 2. The second kappa shape index (κ2) is 16.2. The van der Waals surface area contributed by atoms with Crippen molar-refractivity contribution in [3.63, 3.8) is 0 Å². The van der Waals surface area contributed by atoms with Gasteiger partial charge in [-0.3, -0.25) is 13.9 Å². The molecule has 0 aliphatic heterocycles. The minimum atomic E-state index is -4.35. The Balaban J connectivity index is 1.85. The predicted molar refractivity (Wildman–Crippen MR) is 191 cm³/mol. The van der Waals surface area contributed by atoms with Gasteiger partial charge in [0.15, 0.2) is 0 Å². The molecule has 47 heavy (non-hydrogen) atoms. The molecule has 1 atom stereocenters. The summed E-state index contributed by atoms with van der Waals surface area (Å²) < 4.78 is 29.4. The van der Waals surface area contributed by atoms with Crippen LogP contribution in [-0.2, 0) is 32.6 Å². The highest BCUT2D eigenvalue weighted by Gasteiger charge is 2.35. The third-order valence-corrected chi connectivity index (χ3v) is 10.6. The van der Waals surface area contributed by atoms with E-state index >= 15 is 0 Å². The zero-order valence-electron chi connectivity index (χ0n) is 26.1. The van der Waals surface area contributed by atoms with Gasteiger partial charge in [-0.25, -0.2) is 8.42 Å². The van der Waals surface area contributed by atoms with E-state index in [0.29, 0.717) is 22.2 Å². The lowest BCUT2D eigenvalue weighted by Gasteiger charge is -2.34. The Labute approximate surface area is 296 Å². The topological polar surface area (TPSA) is 86.8 Å². The smallest absolute Gasteiger partial charge is 0.264 e. The molecule has 1 N–H and O–H groups in total. The normalized spacial score (nSPS) is 12.1. The number of aryl methyl sites for hydroxylation is 1. The van der Waals surface area contributed by atoms with E-state index < -0.39 is 34.4 Å². The van der Waals surface area contributed by atoms with Gasteiger partial charge in [0, 0.05) is 29.6 Å². The summed E-state index contributed by atoms with van der Waals surface area (Å²) in [6.45, 7) is 5.34. The molecule has 4 aromatic carbocycles. The van der Waals surface area contributed by atoms with Crippen LogP contribution in [-0.4, -0.2) is 44.3 Å². The van der Waals surface area contributed by atoms with Crippen molar-refractivity contribution in [1.82, 2.24) is 10.2 Å². The van der Waals surface area contributed by atoms with Crippen molar-refractivity contribution in [2.75, 3.05) is 17.4 Å². The number of nitrogens with one attached hydrogen (secondary N) is 1. The third-order valence-electron chi connectivity index (χ3n) is 7.40. The molecule has 0 bridgehead atoms. The maximum absolute atomic E-state index is 14.6. The highest BCUT2D eigenvalue weighted by atomic mass is 35.5. The van der Waals surface area contributed by atoms with E-state index in [1.54, 1.807) is 36.4 Å². The monoisotopic (exact) mass is 733 g/mol. The third kappa shape index (κ3) is 9.42. The van der Waals surface area contributed by atoms with Gasteiger partial charge in [0.1, 0.15) is 12.6 Å². The van der Waals surface area contributed by atoms with E-state index in [1.807, 2.05) is 51.1 Å². The molecule has 0 fully saturated rings. The highest BCUT2D eigenvalue weighted by Crippen LogP contribution is 2.36. The van der Waals surface area contributed by atoms with Crippen molar-refractivity contribution in [1.29, 1.82) is 0 Å². The number of sulfonamides is 1. The molecule has 4 aromatic rings. The van der Waals surface area contributed by atoms with Gasteiger partial charge in [-0.1, -0.05) is 120 Å². The lowest BCUT2D eigenvalue weighted by molar-refractivity contribution is -0.140. The molecule has 12 heteroatoms. The Hall–Kier alpha value is -3.27. The number of anilines is 1. The fraction of sp³-hybridized carbons (Fsp3) is 0.257. The lowest BCUT2D eigenvalue weighted by atomic mass is 10.0. The molecule has 0 aromatic heterocycles. The predicted octanol–water partition coefficient (Wildman–Crippen LogP) is 8.22. The van der Waals surface area contributed by atoms with Crippen LogP contribution in [0.25, 0.3) is 0 Å². The van der Waals surface area contributed by atoms with E-state index in [0.717, 1.165) is 15.4 Å². The fourth-order valence-electron chi connectivity index (χ4n) is 4.85.